The molecule has 1 atom stereocenters. The Morgan fingerprint density at radius 3 is 2.68 bits per heavy atom. The first-order valence-corrected chi connectivity index (χ1v) is 5.38. The number of hydrogen-bond acceptors (Lipinski definition) is 3. The van der Waals surface area contributed by atoms with E-state index >= 15 is 0 Å². The van der Waals surface area contributed by atoms with Gasteiger partial charge in [0.15, 0.2) is 0 Å². The van der Waals surface area contributed by atoms with Crippen LogP contribution in [-0.4, -0.2) is 26.9 Å². The van der Waals surface area contributed by atoms with E-state index in [1.807, 2.05) is 30.8 Å². The fourth-order valence-corrected chi connectivity index (χ4v) is 2.09. The summed E-state index contributed by atoms with van der Waals surface area (Å²) >= 11 is 0. The quantitative estimate of drug-likeness (QED) is 0.904. The van der Waals surface area contributed by atoms with Crippen LogP contribution in [-0.2, 0) is 18.3 Å². The number of carboxylic acid groups (broad SMARTS) is 1. The second-order valence-electron chi connectivity index (χ2n) is 4.27. The van der Waals surface area contributed by atoms with Gasteiger partial charge in [0.1, 0.15) is 6.04 Å². The molecule has 3 N–H and O–H groups in total. The Hall–Kier alpha value is -1.30. The molecule has 0 amide bonds. The molecule has 0 bridgehead atoms. The lowest BCUT2D eigenvalue weighted by atomic mass is 10.0. The first-order valence-electron chi connectivity index (χ1n) is 5.38. The highest BCUT2D eigenvalue weighted by molar-refractivity contribution is 5.85. The molecule has 0 spiro atoms. The number of hydrogen-bond donors (Lipinski definition) is 2. The Balaban J connectivity index is 0.00000162. The number of benzene rings is 1. The first kappa shape index (κ1) is 17.7. The molecule has 19 heavy (non-hydrogen) atoms. The zero-order valence-corrected chi connectivity index (χ0v) is 12.3. The molecule has 5 nitrogen and oxygen atoms in total. The number of aromatic nitrogens is 2. The van der Waals surface area contributed by atoms with Crippen molar-refractivity contribution in [3.63, 3.8) is 0 Å². The minimum absolute atomic E-state index is 0. The third kappa shape index (κ3) is 3.59. The fraction of sp³-hybridized carbons (Fsp3) is 0.333. The summed E-state index contributed by atoms with van der Waals surface area (Å²) in [6, 6.07) is 3.05. The topological polar surface area (TPSA) is 81.1 Å². The van der Waals surface area contributed by atoms with Crippen molar-refractivity contribution < 1.29 is 9.90 Å². The van der Waals surface area contributed by atoms with Crippen LogP contribution in [0, 0.1) is 6.92 Å². The molecular formula is C12H17Cl2N3O2. The molecule has 0 saturated heterocycles. The minimum Gasteiger partial charge on any atom is -0.480 e. The highest BCUT2D eigenvalue weighted by Crippen LogP contribution is 2.20. The van der Waals surface area contributed by atoms with Gasteiger partial charge in [0.05, 0.1) is 11.7 Å². The largest absolute Gasteiger partial charge is 0.480 e. The number of halogens is 2. The van der Waals surface area contributed by atoms with Crippen LogP contribution in [0.25, 0.3) is 10.9 Å². The van der Waals surface area contributed by atoms with Gasteiger partial charge in [0.25, 0.3) is 0 Å². The van der Waals surface area contributed by atoms with E-state index in [1.54, 1.807) is 6.20 Å². The van der Waals surface area contributed by atoms with Crippen LogP contribution >= 0.6 is 24.8 Å². The lowest BCUT2D eigenvalue weighted by molar-refractivity contribution is -0.138. The van der Waals surface area contributed by atoms with Crippen molar-refractivity contribution in [2.24, 2.45) is 12.8 Å². The molecule has 0 aliphatic rings. The number of rotatable bonds is 3. The van der Waals surface area contributed by atoms with Crippen molar-refractivity contribution in [2.45, 2.75) is 19.4 Å². The van der Waals surface area contributed by atoms with Gasteiger partial charge < -0.3 is 10.8 Å². The smallest absolute Gasteiger partial charge is 0.320 e. The summed E-state index contributed by atoms with van der Waals surface area (Å²) in [7, 11) is 1.89. The molecule has 0 radical (unpaired) electrons. The van der Waals surface area contributed by atoms with E-state index in [-0.39, 0.29) is 24.8 Å². The third-order valence-corrected chi connectivity index (χ3v) is 2.86. The molecule has 0 aliphatic heterocycles. The van der Waals surface area contributed by atoms with E-state index in [0.29, 0.717) is 6.42 Å². The summed E-state index contributed by atoms with van der Waals surface area (Å²) < 4.78 is 1.81. The number of nitrogens with two attached hydrogens (primary N) is 1. The van der Waals surface area contributed by atoms with Crippen LogP contribution in [0.1, 0.15) is 11.1 Å². The van der Waals surface area contributed by atoms with E-state index in [9.17, 15) is 4.79 Å². The second kappa shape index (κ2) is 6.75. The van der Waals surface area contributed by atoms with Crippen molar-refractivity contribution in [3.8, 4) is 0 Å². The van der Waals surface area contributed by atoms with Crippen LogP contribution in [0.15, 0.2) is 18.3 Å². The summed E-state index contributed by atoms with van der Waals surface area (Å²) in [5, 5.41) is 14.0. The van der Waals surface area contributed by atoms with E-state index in [0.717, 1.165) is 22.0 Å². The Morgan fingerprint density at radius 1 is 1.47 bits per heavy atom. The Labute approximate surface area is 123 Å². The number of fused-ring (bicyclic) bond motifs is 1. The van der Waals surface area contributed by atoms with E-state index in [2.05, 4.69) is 5.10 Å². The molecule has 1 aromatic carbocycles. The van der Waals surface area contributed by atoms with Crippen LogP contribution in [0.3, 0.4) is 0 Å². The van der Waals surface area contributed by atoms with Gasteiger partial charge in [-0.05, 0) is 30.5 Å². The zero-order valence-electron chi connectivity index (χ0n) is 10.7. The molecule has 1 heterocycles. The molecular weight excluding hydrogens is 289 g/mol. The molecule has 0 aliphatic carbocycles. The van der Waals surface area contributed by atoms with Gasteiger partial charge in [0.2, 0.25) is 0 Å². The number of carboxylic acids is 1. The number of nitrogens with zero attached hydrogens (tertiary/aromatic N) is 2. The third-order valence-electron chi connectivity index (χ3n) is 2.86. The highest BCUT2D eigenvalue weighted by atomic mass is 35.5. The lowest BCUT2D eigenvalue weighted by Gasteiger charge is -2.08. The standard InChI is InChI=1S/C12H15N3O2.2ClH/c1-7-3-8(5-10(13)12(16)17)4-9-6-14-15(2)11(7)9;;/h3-4,6,10H,5,13H2,1-2H3,(H,16,17);2*1H. The van der Waals surface area contributed by atoms with Crippen molar-refractivity contribution in [2.75, 3.05) is 0 Å². The molecule has 0 fully saturated rings. The normalized spacial score (nSPS) is 11.5. The van der Waals surface area contributed by atoms with Crippen molar-refractivity contribution in [3.05, 3.63) is 29.5 Å². The number of aryl methyl sites for hydroxylation is 2. The molecule has 0 saturated carbocycles. The zero-order chi connectivity index (χ0) is 12.6. The Bertz CT molecular complexity index is 584. The number of carbonyl (C=O) groups is 1. The SMILES string of the molecule is Cc1cc(CC(N)C(=O)O)cc2cnn(C)c12.Cl.Cl. The van der Waals surface area contributed by atoms with Crippen molar-refractivity contribution in [1.29, 1.82) is 0 Å². The monoisotopic (exact) mass is 305 g/mol. The maximum Gasteiger partial charge on any atom is 0.320 e. The molecule has 2 aromatic rings. The summed E-state index contributed by atoms with van der Waals surface area (Å²) in [5.74, 6) is -0.978. The van der Waals surface area contributed by atoms with Gasteiger partial charge >= 0.3 is 5.97 Å². The molecule has 7 heteroatoms. The van der Waals surface area contributed by atoms with Crippen LogP contribution in [0.5, 0.6) is 0 Å². The summed E-state index contributed by atoms with van der Waals surface area (Å²) in [5.41, 5.74) is 8.60. The Morgan fingerprint density at radius 2 is 2.11 bits per heavy atom. The predicted molar refractivity (Wildman–Crippen MR) is 79.3 cm³/mol. The first-order chi connectivity index (χ1) is 7.99. The van der Waals surface area contributed by atoms with Gasteiger partial charge in [0, 0.05) is 12.4 Å². The van der Waals surface area contributed by atoms with Gasteiger partial charge in [-0.2, -0.15) is 5.10 Å². The minimum atomic E-state index is -0.978. The van der Waals surface area contributed by atoms with Gasteiger partial charge in [-0.3, -0.25) is 9.48 Å². The summed E-state index contributed by atoms with van der Waals surface area (Å²) in [4.78, 5) is 10.7. The van der Waals surface area contributed by atoms with Gasteiger partial charge in [-0.15, -0.1) is 24.8 Å². The maximum absolute atomic E-state index is 10.7. The molecule has 1 aromatic heterocycles. The molecule has 106 valence electrons. The molecule has 1 unspecified atom stereocenters. The van der Waals surface area contributed by atoms with Crippen molar-refractivity contribution in [1.82, 2.24) is 9.78 Å². The summed E-state index contributed by atoms with van der Waals surface area (Å²) in [6.45, 7) is 1.99. The molecule has 2 rings (SSSR count). The maximum atomic E-state index is 10.7. The fourth-order valence-electron chi connectivity index (χ4n) is 2.09. The average molecular weight is 306 g/mol. The van der Waals surface area contributed by atoms with Crippen LogP contribution < -0.4 is 5.73 Å². The van der Waals surface area contributed by atoms with E-state index in [4.69, 9.17) is 10.8 Å². The van der Waals surface area contributed by atoms with Crippen molar-refractivity contribution >= 4 is 41.7 Å². The van der Waals surface area contributed by atoms with E-state index in [1.165, 1.54) is 0 Å². The Kier molecular flexibility index (Phi) is 6.29. The highest BCUT2D eigenvalue weighted by Gasteiger charge is 2.13. The van der Waals surface area contributed by atoms with Crippen LogP contribution in [0.4, 0.5) is 0 Å². The average Bonchev–Trinajstić information content (AvgIpc) is 2.60. The number of aliphatic carboxylic acids is 1. The predicted octanol–water partition coefficient (Wildman–Crippen LogP) is 1.68. The van der Waals surface area contributed by atoms with Gasteiger partial charge in [-0.1, -0.05) is 6.07 Å². The lowest BCUT2D eigenvalue weighted by Crippen LogP contribution is -2.32. The van der Waals surface area contributed by atoms with E-state index < -0.39 is 12.0 Å². The van der Waals surface area contributed by atoms with Crippen LogP contribution in [0.2, 0.25) is 0 Å². The second-order valence-corrected chi connectivity index (χ2v) is 4.27. The van der Waals surface area contributed by atoms with Gasteiger partial charge in [-0.25, -0.2) is 0 Å². The summed E-state index contributed by atoms with van der Waals surface area (Å²) in [6.07, 6.45) is 2.11.